The van der Waals surface area contributed by atoms with Crippen LogP contribution in [-0.4, -0.2) is 60.2 Å². The zero-order chi connectivity index (χ0) is 34.4. The van der Waals surface area contributed by atoms with Crippen LogP contribution in [0.4, 0.5) is 61.5 Å². The Balaban J connectivity index is 1.44. The third-order valence-corrected chi connectivity index (χ3v) is 11.1. The van der Waals surface area contributed by atoms with Crippen LogP contribution in [0.5, 0.6) is 0 Å². The maximum atomic E-state index is 14.0. The van der Waals surface area contributed by atoms with Crippen LogP contribution in [0.15, 0.2) is 0 Å². The molecule has 4 fully saturated rings. The molecular weight excluding hydrogens is 654 g/mol. The molecule has 0 aromatic carbocycles. The third kappa shape index (κ3) is 5.35. The maximum absolute atomic E-state index is 14.0. The van der Waals surface area contributed by atoms with Gasteiger partial charge in [0.05, 0.1) is 0 Å². The highest BCUT2D eigenvalue weighted by molar-refractivity contribution is 5.80. The monoisotopic (exact) mass is 684 g/mol. The fraction of sp³-hybridized carbons (Fsp3) is 0.926. The smallest absolute Gasteiger partial charge is 0.458 e. The number of hydrogen-bond acceptors (Lipinski definition) is 4. The molecule has 18 heteroatoms. The first-order valence-corrected chi connectivity index (χ1v) is 14.2. The van der Waals surface area contributed by atoms with Gasteiger partial charge in [-0.05, 0) is 86.9 Å². The molecule has 0 amide bonds. The second kappa shape index (κ2) is 10.7. The lowest BCUT2D eigenvalue weighted by Gasteiger charge is -2.60. The van der Waals surface area contributed by atoms with Gasteiger partial charge in [-0.15, -0.1) is 0 Å². The summed E-state index contributed by atoms with van der Waals surface area (Å²) in [5.41, 5.74) is -1.59. The number of ether oxygens (including phenoxy) is 2. The summed E-state index contributed by atoms with van der Waals surface area (Å²) in [5.74, 6) is -32.5. The summed E-state index contributed by atoms with van der Waals surface area (Å²) in [6.07, 6.45) is -14.6. The quantitative estimate of drug-likeness (QED) is 0.208. The van der Waals surface area contributed by atoms with Crippen molar-refractivity contribution < 1.29 is 80.5 Å². The van der Waals surface area contributed by atoms with Crippen LogP contribution in [0.25, 0.3) is 0 Å². The second-order valence-corrected chi connectivity index (χ2v) is 13.3. The first-order valence-electron chi connectivity index (χ1n) is 14.2. The van der Waals surface area contributed by atoms with Gasteiger partial charge in [0.25, 0.3) is 0 Å². The Labute approximate surface area is 247 Å². The highest BCUT2D eigenvalue weighted by Crippen LogP contribution is 2.67. The van der Waals surface area contributed by atoms with Gasteiger partial charge in [-0.1, -0.05) is 13.8 Å². The Hall–Kier alpha value is -2.04. The van der Waals surface area contributed by atoms with Crippen molar-refractivity contribution in [3.05, 3.63) is 0 Å². The summed E-state index contributed by atoms with van der Waals surface area (Å²) < 4.78 is 193. The number of alkyl halides is 14. The molecule has 0 aromatic heterocycles. The van der Waals surface area contributed by atoms with Crippen LogP contribution in [0.3, 0.4) is 0 Å². The van der Waals surface area contributed by atoms with Crippen molar-refractivity contribution >= 4 is 11.9 Å². The van der Waals surface area contributed by atoms with Crippen molar-refractivity contribution in [3.63, 3.8) is 0 Å². The Bertz CT molecular complexity index is 1170. The van der Waals surface area contributed by atoms with E-state index in [0.717, 1.165) is 0 Å². The first-order chi connectivity index (χ1) is 20.2. The van der Waals surface area contributed by atoms with E-state index >= 15 is 0 Å². The normalized spacial score (nSPS) is 36.4. The van der Waals surface area contributed by atoms with E-state index in [1.54, 1.807) is 6.92 Å². The largest absolute Gasteiger partial charge is 0.460 e. The Kier molecular flexibility index (Phi) is 8.55. The lowest BCUT2D eigenvalue weighted by molar-refractivity contribution is -0.349. The van der Waals surface area contributed by atoms with Gasteiger partial charge in [0.1, 0.15) is 12.2 Å². The number of rotatable bonds is 6. The van der Waals surface area contributed by atoms with Gasteiger partial charge in [0.15, 0.2) is 0 Å². The average Bonchev–Trinajstić information content (AvgIpc) is 3.23. The van der Waals surface area contributed by atoms with Gasteiger partial charge >= 0.3 is 48.0 Å². The highest BCUT2D eigenvalue weighted by atomic mass is 19.4. The van der Waals surface area contributed by atoms with E-state index in [-0.39, 0.29) is 62.2 Å². The zero-order valence-electron chi connectivity index (χ0n) is 23.8. The van der Waals surface area contributed by atoms with Crippen LogP contribution in [-0.2, 0) is 19.1 Å². The minimum atomic E-state index is -6.71. The Morgan fingerprint density at radius 2 is 1.04 bits per heavy atom. The van der Waals surface area contributed by atoms with Crippen molar-refractivity contribution in [2.24, 2.45) is 34.5 Å². The summed E-state index contributed by atoms with van der Waals surface area (Å²) in [4.78, 5) is 23.8. The molecule has 0 aromatic rings. The number of carbonyl (C=O) groups excluding carboxylic acids is 2. The number of hydrogen-bond donors (Lipinski definition) is 0. The zero-order valence-corrected chi connectivity index (χ0v) is 23.8. The van der Waals surface area contributed by atoms with E-state index < -0.39 is 71.0 Å². The predicted molar refractivity (Wildman–Crippen MR) is 123 cm³/mol. The Morgan fingerprint density at radius 3 is 1.56 bits per heavy atom. The van der Waals surface area contributed by atoms with Gasteiger partial charge in [0.2, 0.25) is 0 Å². The molecule has 4 rings (SSSR count). The van der Waals surface area contributed by atoms with E-state index in [1.807, 2.05) is 6.92 Å². The van der Waals surface area contributed by atoms with Gasteiger partial charge in [-0.3, -0.25) is 0 Å². The standard InChI is InChI=1S/C27H30F14O4/c1-20-9-7-13(44-18(42)22(28,29)24(32,33)26(36,37)38)11-12(20)3-4-14-15-5-6-17(21(15,2)10-8-16(14)20)45-19(43)23(30,31)25(34,35)27(39,40)41/h12-17H,3-11H2,1-2H3/t12-,13-,14?,15?,16?,17+,20+,21+/m1/s1. The van der Waals surface area contributed by atoms with Gasteiger partial charge < -0.3 is 9.47 Å². The number of carbonyl (C=O) groups is 2. The summed E-state index contributed by atoms with van der Waals surface area (Å²) >= 11 is 0. The van der Waals surface area contributed by atoms with Crippen LogP contribution in [0.1, 0.15) is 71.6 Å². The molecule has 260 valence electrons. The fourth-order valence-electron chi connectivity index (χ4n) is 8.51. The van der Waals surface area contributed by atoms with E-state index in [2.05, 4.69) is 9.47 Å². The molecule has 4 aliphatic carbocycles. The second-order valence-electron chi connectivity index (χ2n) is 13.3. The molecule has 4 aliphatic rings. The van der Waals surface area contributed by atoms with E-state index in [9.17, 15) is 71.1 Å². The molecule has 4 nitrogen and oxygen atoms in total. The SMILES string of the molecule is C[C@]12CCC3C(CC[C@@H]4C[C@H](OC(=O)C(F)(F)C(F)(F)C(F)(F)F)CC[C@]34C)C1CC[C@@H]2OC(=O)C(F)(F)C(F)(F)C(F)(F)F. The topological polar surface area (TPSA) is 52.6 Å². The van der Waals surface area contributed by atoms with Crippen molar-refractivity contribution in [2.45, 2.75) is 120 Å². The molecule has 0 N–H and O–H groups in total. The lowest BCUT2D eigenvalue weighted by Crippen LogP contribution is -2.58. The number of halogens is 14. The predicted octanol–water partition coefficient (Wildman–Crippen LogP) is 8.52. The number of esters is 2. The minimum absolute atomic E-state index is 0.0707. The molecule has 0 spiro atoms. The summed E-state index contributed by atoms with van der Waals surface area (Å²) in [6, 6.07) is 0. The van der Waals surface area contributed by atoms with E-state index in [0.29, 0.717) is 19.3 Å². The highest BCUT2D eigenvalue weighted by Gasteiger charge is 2.78. The minimum Gasteiger partial charge on any atom is -0.458 e. The molecule has 3 unspecified atom stereocenters. The molecule has 0 saturated heterocycles. The van der Waals surface area contributed by atoms with Crippen LogP contribution in [0, 0.1) is 34.5 Å². The van der Waals surface area contributed by atoms with Crippen LogP contribution < -0.4 is 0 Å². The Morgan fingerprint density at radius 1 is 0.578 bits per heavy atom. The van der Waals surface area contributed by atoms with Crippen LogP contribution >= 0.6 is 0 Å². The molecule has 0 bridgehead atoms. The van der Waals surface area contributed by atoms with Gasteiger partial charge in [-0.2, -0.15) is 61.5 Å². The summed E-state index contributed by atoms with van der Waals surface area (Å²) in [5, 5.41) is 0. The van der Waals surface area contributed by atoms with E-state index in [1.165, 1.54) is 0 Å². The van der Waals surface area contributed by atoms with Crippen molar-refractivity contribution in [1.82, 2.24) is 0 Å². The molecule has 4 saturated carbocycles. The van der Waals surface area contributed by atoms with Crippen molar-refractivity contribution in [1.29, 1.82) is 0 Å². The van der Waals surface area contributed by atoms with Crippen molar-refractivity contribution in [2.75, 3.05) is 0 Å². The fourth-order valence-corrected chi connectivity index (χ4v) is 8.51. The molecular formula is C27H30F14O4. The molecule has 0 radical (unpaired) electrons. The van der Waals surface area contributed by atoms with E-state index in [4.69, 9.17) is 0 Å². The molecule has 0 aliphatic heterocycles. The lowest BCUT2D eigenvalue weighted by atomic mass is 9.45. The third-order valence-electron chi connectivity index (χ3n) is 11.1. The maximum Gasteiger partial charge on any atom is 0.460 e. The number of fused-ring (bicyclic) bond motifs is 5. The molecule has 0 heterocycles. The summed E-state index contributed by atoms with van der Waals surface area (Å²) in [7, 11) is 0. The first kappa shape index (κ1) is 35.8. The average molecular weight is 685 g/mol. The van der Waals surface area contributed by atoms with Crippen LogP contribution in [0.2, 0.25) is 0 Å². The summed E-state index contributed by atoms with van der Waals surface area (Å²) in [6.45, 7) is 3.45. The molecule has 8 atom stereocenters. The van der Waals surface area contributed by atoms with Gasteiger partial charge in [0, 0.05) is 5.41 Å². The van der Waals surface area contributed by atoms with Gasteiger partial charge in [-0.25, -0.2) is 9.59 Å². The molecule has 45 heavy (non-hydrogen) atoms. The van der Waals surface area contributed by atoms with Crippen molar-refractivity contribution in [3.8, 4) is 0 Å².